The highest BCUT2D eigenvalue weighted by atomic mass is 32.2. The third-order valence-corrected chi connectivity index (χ3v) is 6.11. The van der Waals surface area contributed by atoms with Gasteiger partial charge in [-0.25, -0.2) is 0 Å². The number of hydrogen-bond acceptors (Lipinski definition) is 3. The van der Waals surface area contributed by atoms with Gasteiger partial charge in [0.2, 0.25) is 5.91 Å². The van der Waals surface area contributed by atoms with Crippen LogP contribution in [0.15, 0.2) is 53.4 Å². The average molecular weight is 358 g/mol. The van der Waals surface area contributed by atoms with Gasteiger partial charge < -0.3 is 5.32 Å². The van der Waals surface area contributed by atoms with Gasteiger partial charge in [0.15, 0.2) is 0 Å². The van der Waals surface area contributed by atoms with Gasteiger partial charge in [-0.15, -0.1) is 23.5 Å². The Morgan fingerprint density at radius 2 is 1.96 bits per heavy atom. The minimum atomic E-state index is 0.141. The van der Waals surface area contributed by atoms with Crippen molar-refractivity contribution in [2.45, 2.75) is 36.0 Å². The Hall–Kier alpha value is -1.39. The molecule has 2 nitrogen and oxygen atoms in total. The first-order chi connectivity index (χ1) is 11.8. The summed E-state index contributed by atoms with van der Waals surface area (Å²) in [6, 6.07) is 17.2. The molecular weight excluding hydrogens is 334 g/mol. The number of nitrogens with one attached hydrogen (secondary N) is 1. The van der Waals surface area contributed by atoms with E-state index in [1.54, 1.807) is 23.5 Å². The molecule has 1 aliphatic rings. The Morgan fingerprint density at radius 1 is 1.17 bits per heavy atom. The Kier molecular flexibility index (Phi) is 6.27. The second-order valence-corrected chi connectivity index (χ2v) is 7.92. The first kappa shape index (κ1) is 17.4. The van der Waals surface area contributed by atoms with E-state index < -0.39 is 0 Å². The van der Waals surface area contributed by atoms with Gasteiger partial charge in [0.25, 0.3) is 0 Å². The lowest BCUT2D eigenvalue weighted by Gasteiger charge is -2.26. The fraction of sp³-hybridized carbons (Fsp3) is 0.350. The predicted octanol–water partition coefficient (Wildman–Crippen LogP) is 4.84. The monoisotopic (exact) mass is 357 g/mol. The van der Waals surface area contributed by atoms with Crippen molar-refractivity contribution in [3.63, 3.8) is 0 Å². The summed E-state index contributed by atoms with van der Waals surface area (Å²) >= 11 is 3.43. The molecular formula is C20H23NOS2. The maximum atomic E-state index is 12.3. The van der Waals surface area contributed by atoms with Gasteiger partial charge in [0, 0.05) is 10.6 Å². The topological polar surface area (TPSA) is 29.1 Å². The molecule has 3 rings (SSSR count). The molecule has 2 aromatic carbocycles. The molecule has 1 amide bonds. The summed E-state index contributed by atoms with van der Waals surface area (Å²) in [5.41, 5.74) is 3.96. The molecule has 0 saturated heterocycles. The van der Waals surface area contributed by atoms with Gasteiger partial charge >= 0.3 is 0 Å². The molecule has 0 aromatic heterocycles. The fourth-order valence-electron chi connectivity index (χ4n) is 3.12. The fourth-order valence-corrected chi connectivity index (χ4v) is 4.33. The van der Waals surface area contributed by atoms with Crippen LogP contribution in [0.2, 0.25) is 0 Å². The van der Waals surface area contributed by atoms with E-state index in [0.717, 1.165) is 25.0 Å². The van der Waals surface area contributed by atoms with Crippen LogP contribution in [0.1, 0.15) is 35.6 Å². The third-order valence-electron chi connectivity index (χ3n) is 4.37. The maximum Gasteiger partial charge on any atom is 0.230 e. The van der Waals surface area contributed by atoms with Crippen molar-refractivity contribution in [2.75, 3.05) is 12.0 Å². The lowest BCUT2D eigenvalue weighted by Crippen LogP contribution is -2.32. The average Bonchev–Trinajstić information content (AvgIpc) is 2.63. The molecule has 1 aliphatic carbocycles. The smallest absolute Gasteiger partial charge is 0.230 e. The first-order valence-electron chi connectivity index (χ1n) is 8.34. The van der Waals surface area contributed by atoms with Gasteiger partial charge in [-0.2, -0.15) is 0 Å². The Bertz CT molecular complexity index is 684. The Balaban J connectivity index is 1.48. The number of aryl methyl sites for hydroxylation is 1. The molecule has 0 radical (unpaired) electrons. The highest BCUT2D eigenvalue weighted by Crippen LogP contribution is 2.29. The van der Waals surface area contributed by atoms with Gasteiger partial charge in [-0.05, 0) is 54.3 Å². The van der Waals surface area contributed by atoms with Crippen LogP contribution >= 0.6 is 23.5 Å². The number of thioether (sulfide) groups is 2. The molecule has 2 aromatic rings. The Morgan fingerprint density at radius 3 is 2.75 bits per heavy atom. The number of amides is 1. The minimum absolute atomic E-state index is 0.141. The van der Waals surface area contributed by atoms with Crippen molar-refractivity contribution in [1.82, 2.24) is 5.32 Å². The van der Waals surface area contributed by atoms with Crippen molar-refractivity contribution in [2.24, 2.45) is 0 Å². The molecule has 0 fully saturated rings. The first-order valence-corrected chi connectivity index (χ1v) is 10.7. The molecule has 4 heteroatoms. The number of fused-ring (bicyclic) bond motifs is 1. The van der Waals surface area contributed by atoms with E-state index in [4.69, 9.17) is 0 Å². The van der Waals surface area contributed by atoms with Crippen LogP contribution in [0, 0.1) is 0 Å². The largest absolute Gasteiger partial charge is 0.349 e. The normalized spacial score (nSPS) is 16.5. The van der Waals surface area contributed by atoms with Crippen LogP contribution in [0.4, 0.5) is 0 Å². The number of carbonyl (C=O) groups excluding carboxylic acids is 1. The second kappa shape index (κ2) is 8.63. The van der Waals surface area contributed by atoms with Crippen LogP contribution in [-0.2, 0) is 17.0 Å². The molecule has 1 N–H and O–H groups in total. The summed E-state index contributed by atoms with van der Waals surface area (Å²) in [7, 11) is 0. The summed E-state index contributed by atoms with van der Waals surface area (Å²) < 4.78 is 0. The van der Waals surface area contributed by atoms with Crippen LogP contribution in [0.3, 0.4) is 0 Å². The quantitative estimate of drug-likeness (QED) is 0.750. The standard InChI is InChI=1S/C20H23NOS2/c1-23-17-11-9-15(10-12-17)13-24-14-20(22)21-19-8-4-6-16-5-2-3-7-18(16)19/h2-3,5,7,9-12,19H,4,6,8,13-14H2,1H3,(H,21,22). The molecule has 0 aliphatic heterocycles. The highest BCUT2D eigenvalue weighted by molar-refractivity contribution is 7.99. The van der Waals surface area contributed by atoms with Crippen molar-refractivity contribution in [3.8, 4) is 0 Å². The van der Waals surface area contributed by atoms with Crippen molar-refractivity contribution in [1.29, 1.82) is 0 Å². The third kappa shape index (κ3) is 4.58. The van der Waals surface area contributed by atoms with Gasteiger partial charge in [-0.3, -0.25) is 4.79 Å². The van der Waals surface area contributed by atoms with Crippen LogP contribution in [-0.4, -0.2) is 17.9 Å². The molecule has 0 bridgehead atoms. The van der Waals surface area contributed by atoms with E-state index in [0.29, 0.717) is 5.75 Å². The van der Waals surface area contributed by atoms with Crippen LogP contribution in [0.25, 0.3) is 0 Å². The van der Waals surface area contributed by atoms with Gasteiger partial charge in [-0.1, -0.05) is 36.4 Å². The molecule has 0 saturated carbocycles. The van der Waals surface area contributed by atoms with E-state index in [1.165, 1.54) is 21.6 Å². The highest BCUT2D eigenvalue weighted by Gasteiger charge is 2.21. The number of rotatable bonds is 6. The second-order valence-electron chi connectivity index (χ2n) is 6.05. The summed E-state index contributed by atoms with van der Waals surface area (Å²) in [4.78, 5) is 13.6. The van der Waals surface area contributed by atoms with Crippen molar-refractivity contribution >= 4 is 29.4 Å². The van der Waals surface area contributed by atoms with Crippen LogP contribution in [0.5, 0.6) is 0 Å². The zero-order valence-electron chi connectivity index (χ0n) is 14.0. The van der Waals surface area contributed by atoms with Gasteiger partial charge in [0.05, 0.1) is 11.8 Å². The van der Waals surface area contributed by atoms with Crippen molar-refractivity contribution in [3.05, 3.63) is 65.2 Å². The molecule has 0 heterocycles. The molecule has 126 valence electrons. The SMILES string of the molecule is CSc1ccc(CSCC(=O)NC2CCCc3ccccc32)cc1. The van der Waals surface area contributed by atoms with Crippen LogP contribution < -0.4 is 5.32 Å². The summed E-state index contributed by atoms with van der Waals surface area (Å²) in [5, 5.41) is 3.22. The van der Waals surface area contributed by atoms with E-state index >= 15 is 0 Å². The van der Waals surface area contributed by atoms with E-state index in [1.807, 2.05) is 0 Å². The number of hydrogen-bond donors (Lipinski definition) is 1. The maximum absolute atomic E-state index is 12.3. The molecule has 1 atom stereocenters. The predicted molar refractivity (Wildman–Crippen MR) is 105 cm³/mol. The summed E-state index contributed by atoms with van der Waals surface area (Å²) in [5.74, 6) is 1.54. The summed E-state index contributed by atoms with van der Waals surface area (Å²) in [6.45, 7) is 0. The van der Waals surface area contributed by atoms with E-state index in [2.05, 4.69) is 60.1 Å². The summed E-state index contributed by atoms with van der Waals surface area (Å²) in [6.07, 6.45) is 5.40. The minimum Gasteiger partial charge on any atom is -0.349 e. The van der Waals surface area contributed by atoms with E-state index in [-0.39, 0.29) is 11.9 Å². The van der Waals surface area contributed by atoms with Gasteiger partial charge in [0.1, 0.15) is 0 Å². The zero-order valence-corrected chi connectivity index (χ0v) is 15.6. The number of carbonyl (C=O) groups is 1. The molecule has 0 spiro atoms. The lowest BCUT2D eigenvalue weighted by molar-refractivity contribution is -0.119. The zero-order chi connectivity index (χ0) is 16.8. The van der Waals surface area contributed by atoms with E-state index in [9.17, 15) is 4.79 Å². The molecule has 1 unspecified atom stereocenters. The molecule has 24 heavy (non-hydrogen) atoms. The number of benzene rings is 2. The Labute approximate surface area is 152 Å². The van der Waals surface area contributed by atoms with Crippen molar-refractivity contribution < 1.29 is 4.79 Å². The lowest BCUT2D eigenvalue weighted by atomic mass is 9.88.